The molecule has 0 aromatic heterocycles. The van der Waals surface area contributed by atoms with Gasteiger partial charge < -0.3 is 5.32 Å². The predicted octanol–water partition coefficient (Wildman–Crippen LogP) is 3.94. The number of nitrogens with zero attached hydrogens (tertiary/aromatic N) is 1. The second-order valence-corrected chi connectivity index (χ2v) is 5.48. The van der Waals surface area contributed by atoms with E-state index in [2.05, 4.69) is 26.1 Å². The minimum absolute atomic E-state index is 0.157. The molecular weight excluding hydrogens is 252 g/mol. The van der Waals surface area contributed by atoms with Gasteiger partial charge in [-0.05, 0) is 37.3 Å². The number of nitro benzene ring substituents is 1. The molecule has 0 aliphatic rings. The molecule has 4 nitrogen and oxygen atoms in total. The molecule has 0 aliphatic carbocycles. The quantitative estimate of drug-likeness (QED) is 0.550. The van der Waals surface area contributed by atoms with Gasteiger partial charge in [0.25, 0.3) is 5.69 Å². The molecule has 0 saturated heterocycles. The van der Waals surface area contributed by atoms with E-state index in [0.29, 0.717) is 6.04 Å². The monoisotopic (exact) mass is 278 g/mol. The summed E-state index contributed by atoms with van der Waals surface area (Å²) >= 11 is 0. The van der Waals surface area contributed by atoms with Gasteiger partial charge in [0.05, 0.1) is 4.92 Å². The zero-order chi connectivity index (χ0) is 15.0. The van der Waals surface area contributed by atoms with E-state index in [1.807, 2.05) is 12.1 Å². The second-order valence-electron chi connectivity index (χ2n) is 5.48. The molecule has 0 amide bonds. The van der Waals surface area contributed by atoms with Gasteiger partial charge in [-0.1, -0.05) is 39.3 Å². The molecule has 0 bridgehead atoms. The largest absolute Gasteiger partial charge is 0.314 e. The van der Waals surface area contributed by atoms with Gasteiger partial charge in [0.2, 0.25) is 0 Å². The average molecular weight is 278 g/mol. The van der Waals surface area contributed by atoms with Crippen LogP contribution in [0, 0.1) is 16.0 Å². The summed E-state index contributed by atoms with van der Waals surface area (Å²) in [5, 5.41) is 14.2. The summed E-state index contributed by atoms with van der Waals surface area (Å²) < 4.78 is 0. The zero-order valence-electron chi connectivity index (χ0n) is 12.8. The van der Waals surface area contributed by atoms with Crippen molar-refractivity contribution in [2.75, 3.05) is 6.54 Å². The third-order valence-electron chi connectivity index (χ3n) is 3.87. The molecule has 112 valence electrons. The van der Waals surface area contributed by atoms with Gasteiger partial charge in [-0.3, -0.25) is 10.1 Å². The van der Waals surface area contributed by atoms with Crippen LogP contribution >= 0.6 is 0 Å². The van der Waals surface area contributed by atoms with Crippen molar-refractivity contribution in [2.24, 2.45) is 5.92 Å². The predicted molar refractivity (Wildman–Crippen MR) is 83.0 cm³/mol. The third-order valence-corrected chi connectivity index (χ3v) is 3.87. The van der Waals surface area contributed by atoms with Crippen LogP contribution < -0.4 is 5.32 Å². The summed E-state index contributed by atoms with van der Waals surface area (Å²) in [6, 6.07) is 7.41. The molecule has 1 N–H and O–H groups in total. The van der Waals surface area contributed by atoms with Crippen molar-refractivity contribution in [1.29, 1.82) is 0 Å². The Morgan fingerprint density at radius 2 is 1.85 bits per heavy atom. The molecule has 2 unspecified atom stereocenters. The summed E-state index contributed by atoms with van der Waals surface area (Å²) in [7, 11) is 0. The van der Waals surface area contributed by atoms with E-state index in [4.69, 9.17) is 0 Å². The Kier molecular flexibility index (Phi) is 7.23. The second kappa shape index (κ2) is 8.69. The van der Waals surface area contributed by atoms with Crippen molar-refractivity contribution in [2.45, 2.75) is 52.5 Å². The normalized spacial score (nSPS) is 13.9. The van der Waals surface area contributed by atoms with Gasteiger partial charge in [-0.25, -0.2) is 0 Å². The lowest BCUT2D eigenvalue weighted by Crippen LogP contribution is -2.31. The fourth-order valence-corrected chi connectivity index (χ4v) is 2.25. The molecule has 0 aliphatic heterocycles. The number of benzene rings is 1. The summed E-state index contributed by atoms with van der Waals surface area (Å²) in [6.07, 6.45) is 4.49. The van der Waals surface area contributed by atoms with E-state index in [0.717, 1.165) is 30.9 Å². The van der Waals surface area contributed by atoms with Crippen LogP contribution in [0.1, 0.15) is 45.6 Å². The van der Waals surface area contributed by atoms with Crippen LogP contribution in [-0.2, 0) is 6.42 Å². The molecule has 1 aromatic carbocycles. The minimum atomic E-state index is -0.360. The number of nitro groups is 1. The SMILES string of the molecule is CCC(C)CC(CC)NCCc1ccc([N+](=O)[O-])cc1. The van der Waals surface area contributed by atoms with Crippen LogP contribution in [0.15, 0.2) is 24.3 Å². The highest BCUT2D eigenvalue weighted by molar-refractivity contribution is 5.32. The lowest BCUT2D eigenvalue weighted by molar-refractivity contribution is -0.384. The molecule has 0 spiro atoms. The highest BCUT2D eigenvalue weighted by Gasteiger charge is 2.09. The maximum atomic E-state index is 10.6. The van der Waals surface area contributed by atoms with Gasteiger partial charge in [0, 0.05) is 18.2 Å². The first kappa shape index (κ1) is 16.6. The Hall–Kier alpha value is -1.42. The first-order valence-electron chi connectivity index (χ1n) is 7.53. The molecule has 1 aromatic rings. The van der Waals surface area contributed by atoms with Gasteiger partial charge in [-0.2, -0.15) is 0 Å². The van der Waals surface area contributed by atoms with Crippen molar-refractivity contribution in [3.8, 4) is 0 Å². The smallest absolute Gasteiger partial charge is 0.269 e. The van der Waals surface area contributed by atoms with E-state index in [1.54, 1.807) is 12.1 Å². The van der Waals surface area contributed by atoms with Crippen LogP contribution in [0.3, 0.4) is 0 Å². The summed E-state index contributed by atoms with van der Waals surface area (Å²) in [5.41, 5.74) is 1.30. The highest BCUT2D eigenvalue weighted by Crippen LogP contribution is 2.13. The van der Waals surface area contributed by atoms with Crippen LogP contribution in [0.2, 0.25) is 0 Å². The number of non-ortho nitro benzene ring substituents is 1. The molecular formula is C16H26N2O2. The van der Waals surface area contributed by atoms with Crippen LogP contribution in [0.25, 0.3) is 0 Å². The molecule has 0 fully saturated rings. The summed E-state index contributed by atoms with van der Waals surface area (Å²) in [6.45, 7) is 7.66. The van der Waals surface area contributed by atoms with E-state index >= 15 is 0 Å². The Morgan fingerprint density at radius 1 is 1.20 bits per heavy atom. The van der Waals surface area contributed by atoms with Crippen LogP contribution in [-0.4, -0.2) is 17.5 Å². The first-order valence-corrected chi connectivity index (χ1v) is 7.53. The minimum Gasteiger partial charge on any atom is -0.314 e. The zero-order valence-corrected chi connectivity index (χ0v) is 12.8. The van der Waals surface area contributed by atoms with Gasteiger partial charge in [0.15, 0.2) is 0 Å². The Morgan fingerprint density at radius 3 is 2.35 bits per heavy atom. The Bertz CT molecular complexity index is 403. The lowest BCUT2D eigenvalue weighted by Gasteiger charge is -2.20. The molecule has 0 radical (unpaired) electrons. The van der Waals surface area contributed by atoms with Crippen molar-refractivity contribution < 1.29 is 4.92 Å². The van der Waals surface area contributed by atoms with Crippen LogP contribution in [0.4, 0.5) is 5.69 Å². The van der Waals surface area contributed by atoms with Gasteiger partial charge in [0.1, 0.15) is 0 Å². The molecule has 2 atom stereocenters. The van der Waals surface area contributed by atoms with E-state index in [9.17, 15) is 10.1 Å². The van der Waals surface area contributed by atoms with Crippen LogP contribution in [0.5, 0.6) is 0 Å². The molecule has 0 heterocycles. The number of hydrogen-bond acceptors (Lipinski definition) is 3. The van der Waals surface area contributed by atoms with E-state index < -0.39 is 0 Å². The lowest BCUT2D eigenvalue weighted by atomic mass is 9.97. The fraction of sp³-hybridized carbons (Fsp3) is 0.625. The first-order chi connectivity index (χ1) is 9.56. The van der Waals surface area contributed by atoms with Gasteiger partial charge >= 0.3 is 0 Å². The molecule has 20 heavy (non-hydrogen) atoms. The van der Waals surface area contributed by atoms with Crippen molar-refractivity contribution in [3.05, 3.63) is 39.9 Å². The van der Waals surface area contributed by atoms with Crippen molar-refractivity contribution in [1.82, 2.24) is 5.32 Å². The summed E-state index contributed by atoms with van der Waals surface area (Å²) in [5.74, 6) is 0.756. The highest BCUT2D eigenvalue weighted by atomic mass is 16.6. The third kappa shape index (κ3) is 5.70. The van der Waals surface area contributed by atoms with Crippen molar-refractivity contribution >= 4 is 5.69 Å². The number of nitrogens with one attached hydrogen (secondary N) is 1. The molecule has 0 saturated carbocycles. The Labute approximate surface area is 121 Å². The topological polar surface area (TPSA) is 55.2 Å². The van der Waals surface area contributed by atoms with E-state index in [-0.39, 0.29) is 10.6 Å². The fourth-order valence-electron chi connectivity index (χ4n) is 2.25. The average Bonchev–Trinajstić information content (AvgIpc) is 2.46. The maximum Gasteiger partial charge on any atom is 0.269 e. The number of rotatable bonds is 9. The molecule has 4 heteroatoms. The van der Waals surface area contributed by atoms with Crippen molar-refractivity contribution in [3.63, 3.8) is 0 Å². The Balaban J connectivity index is 2.37. The molecule has 1 rings (SSSR count). The maximum absolute atomic E-state index is 10.6. The van der Waals surface area contributed by atoms with Gasteiger partial charge in [-0.15, -0.1) is 0 Å². The summed E-state index contributed by atoms with van der Waals surface area (Å²) in [4.78, 5) is 10.2. The number of hydrogen-bond donors (Lipinski definition) is 1. The van der Waals surface area contributed by atoms with E-state index in [1.165, 1.54) is 12.8 Å². The standard InChI is InChI=1S/C16H26N2O2/c1-4-13(3)12-15(5-2)17-11-10-14-6-8-16(9-7-14)18(19)20/h6-9,13,15,17H,4-5,10-12H2,1-3H3.